The molecule has 1 aromatic carbocycles. The first-order valence-electron chi connectivity index (χ1n) is 7.87. The van der Waals surface area contributed by atoms with Gasteiger partial charge in [-0.3, -0.25) is 4.79 Å². The van der Waals surface area contributed by atoms with Crippen LogP contribution in [0.5, 0.6) is 0 Å². The smallest absolute Gasteiger partial charge is 0.297 e. The summed E-state index contributed by atoms with van der Waals surface area (Å²) in [6.45, 7) is 6.44. The number of para-hydroxylation sites is 1. The van der Waals surface area contributed by atoms with Crippen molar-refractivity contribution in [3.63, 3.8) is 0 Å². The van der Waals surface area contributed by atoms with Gasteiger partial charge in [-0.25, -0.2) is 18.7 Å². The van der Waals surface area contributed by atoms with E-state index in [9.17, 15) is 13.6 Å². The highest BCUT2D eigenvalue weighted by Crippen LogP contribution is 2.28. The van der Waals surface area contributed by atoms with Crippen molar-refractivity contribution in [2.45, 2.75) is 45.2 Å². The molecule has 1 aliphatic rings. The number of alkyl halides is 2. The van der Waals surface area contributed by atoms with Crippen LogP contribution in [0.4, 0.5) is 14.6 Å². The molecule has 1 aromatic heterocycles. The van der Waals surface area contributed by atoms with Crippen LogP contribution in [0.1, 0.15) is 39.4 Å². The fraction of sp³-hybridized carbons (Fsp3) is 0.471. The monoisotopic (exact) mass is 334 g/mol. The Balaban J connectivity index is 1.92. The van der Waals surface area contributed by atoms with Crippen molar-refractivity contribution in [3.05, 3.63) is 30.1 Å². The van der Waals surface area contributed by atoms with Gasteiger partial charge >= 0.3 is 0 Å². The van der Waals surface area contributed by atoms with E-state index >= 15 is 0 Å². The second-order valence-corrected chi connectivity index (χ2v) is 6.97. The number of hydrogen-bond acceptors (Lipinski definition) is 4. The molecule has 0 spiro atoms. The lowest BCUT2D eigenvalue weighted by Gasteiger charge is -2.32. The molecule has 1 unspecified atom stereocenters. The molecule has 1 atom stereocenters. The van der Waals surface area contributed by atoms with Crippen molar-refractivity contribution >= 4 is 22.6 Å². The topological polar surface area (TPSA) is 58.1 Å². The van der Waals surface area contributed by atoms with Crippen molar-refractivity contribution in [1.29, 1.82) is 0 Å². The Bertz CT molecular complexity index is 773. The van der Waals surface area contributed by atoms with E-state index in [-0.39, 0.29) is 17.5 Å². The molecule has 5 nitrogen and oxygen atoms in total. The van der Waals surface area contributed by atoms with Crippen LogP contribution in [0.15, 0.2) is 24.3 Å². The highest BCUT2D eigenvalue weighted by atomic mass is 19.3. The highest BCUT2D eigenvalue weighted by Gasteiger charge is 2.36. The maximum Gasteiger partial charge on any atom is 0.297 e. The number of anilines is 1. The number of likely N-dealkylation sites (tertiary alicyclic amines) is 1. The van der Waals surface area contributed by atoms with Crippen molar-refractivity contribution in [1.82, 2.24) is 14.9 Å². The molecule has 0 aliphatic carbocycles. The molecule has 1 amide bonds. The van der Waals surface area contributed by atoms with E-state index in [0.29, 0.717) is 29.7 Å². The number of nitrogens with zero attached hydrogens (tertiary/aromatic N) is 3. The number of halogens is 2. The molecule has 0 radical (unpaired) electrons. The summed E-state index contributed by atoms with van der Waals surface area (Å²) in [7, 11) is 0. The van der Waals surface area contributed by atoms with Crippen LogP contribution in [0.25, 0.3) is 10.9 Å². The average Bonchev–Trinajstić information content (AvgIpc) is 2.88. The second kappa shape index (κ2) is 5.96. The average molecular weight is 334 g/mol. The van der Waals surface area contributed by atoms with Gasteiger partial charge in [0, 0.05) is 23.9 Å². The Hall–Kier alpha value is -2.31. The van der Waals surface area contributed by atoms with Crippen LogP contribution in [0.3, 0.4) is 0 Å². The summed E-state index contributed by atoms with van der Waals surface area (Å²) < 4.78 is 26.1. The van der Waals surface area contributed by atoms with Crippen LogP contribution in [0.2, 0.25) is 0 Å². The van der Waals surface area contributed by atoms with Gasteiger partial charge in [0.1, 0.15) is 5.82 Å². The lowest BCUT2D eigenvalue weighted by atomic mass is 10.1. The standard InChI is InChI=1S/C17H20F2N4O/c1-17(2,3)23-9-10(8-13(23)24)20-15-11-6-4-5-7-12(11)21-16(22-15)14(18)19/h4-7,10,14H,8-9H2,1-3H3,(H,20,21,22). The zero-order valence-electron chi connectivity index (χ0n) is 13.9. The third-order valence-electron chi connectivity index (χ3n) is 4.09. The van der Waals surface area contributed by atoms with E-state index in [1.54, 1.807) is 29.2 Å². The molecule has 1 saturated heterocycles. The Labute approximate surface area is 139 Å². The summed E-state index contributed by atoms with van der Waals surface area (Å²) in [6.07, 6.45) is -2.42. The molecule has 1 N–H and O–H groups in total. The number of nitrogens with one attached hydrogen (secondary N) is 1. The SMILES string of the molecule is CC(C)(C)N1CC(Nc2nc(C(F)F)nc3ccccc23)CC1=O. The van der Waals surface area contributed by atoms with E-state index < -0.39 is 12.2 Å². The number of carbonyl (C=O) groups excluding carboxylic acids is 1. The maximum absolute atomic E-state index is 13.1. The normalized spacial score (nSPS) is 18.7. The second-order valence-electron chi connectivity index (χ2n) is 6.97. The van der Waals surface area contributed by atoms with Crippen molar-refractivity contribution in [3.8, 4) is 0 Å². The van der Waals surface area contributed by atoms with Gasteiger partial charge in [-0.15, -0.1) is 0 Å². The summed E-state index contributed by atoms with van der Waals surface area (Å²) in [5, 5.41) is 3.83. The molecule has 128 valence electrons. The molecule has 3 rings (SSSR count). The summed E-state index contributed by atoms with van der Waals surface area (Å²) in [4.78, 5) is 21.9. The molecule has 2 heterocycles. The minimum atomic E-state index is -2.74. The fourth-order valence-corrected chi connectivity index (χ4v) is 2.95. The molecule has 1 fully saturated rings. The predicted molar refractivity (Wildman–Crippen MR) is 88.0 cm³/mol. The molecular formula is C17H20F2N4O. The Morgan fingerprint density at radius 3 is 2.58 bits per heavy atom. The molecule has 0 bridgehead atoms. The summed E-state index contributed by atoms with van der Waals surface area (Å²) in [5.74, 6) is -0.106. The van der Waals surface area contributed by atoms with Crippen LogP contribution in [-0.4, -0.2) is 38.9 Å². The minimum absolute atomic E-state index is 0.0486. The Kier molecular flexibility index (Phi) is 4.11. The van der Waals surface area contributed by atoms with Crippen molar-refractivity contribution in [2.75, 3.05) is 11.9 Å². The maximum atomic E-state index is 13.1. The van der Waals surface area contributed by atoms with Gasteiger partial charge in [0.05, 0.1) is 11.6 Å². The number of rotatable bonds is 3. The van der Waals surface area contributed by atoms with E-state index in [1.165, 1.54) is 0 Å². The van der Waals surface area contributed by atoms with Crippen molar-refractivity contribution in [2.24, 2.45) is 0 Å². The predicted octanol–water partition coefficient (Wildman–Crippen LogP) is 3.38. The first kappa shape index (κ1) is 16.5. The molecule has 24 heavy (non-hydrogen) atoms. The Morgan fingerprint density at radius 2 is 1.96 bits per heavy atom. The zero-order valence-corrected chi connectivity index (χ0v) is 13.9. The summed E-state index contributed by atoms with van der Waals surface area (Å²) in [6, 6.07) is 6.84. The third kappa shape index (κ3) is 3.16. The van der Waals surface area contributed by atoms with E-state index in [4.69, 9.17) is 0 Å². The molecule has 0 saturated carbocycles. The number of fused-ring (bicyclic) bond motifs is 1. The van der Waals surface area contributed by atoms with Gasteiger partial charge in [-0.2, -0.15) is 0 Å². The van der Waals surface area contributed by atoms with Crippen LogP contribution in [-0.2, 0) is 4.79 Å². The fourth-order valence-electron chi connectivity index (χ4n) is 2.95. The van der Waals surface area contributed by atoms with Crippen LogP contribution >= 0.6 is 0 Å². The van der Waals surface area contributed by atoms with E-state index in [2.05, 4.69) is 15.3 Å². The number of hydrogen-bond donors (Lipinski definition) is 1. The van der Waals surface area contributed by atoms with E-state index in [1.807, 2.05) is 20.8 Å². The van der Waals surface area contributed by atoms with Gasteiger partial charge in [-0.05, 0) is 32.9 Å². The number of carbonyl (C=O) groups is 1. The first-order chi connectivity index (χ1) is 11.3. The Morgan fingerprint density at radius 1 is 1.25 bits per heavy atom. The molecule has 7 heteroatoms. The first-order valence-corrected chi connectivity index (χ1v) is 7.87. The van der Waals surface area contributed by atoms with Gasteiger partial charge < -0.3 is 10.2 Å². The van der Waals surface area contributed by atoms with Gasteiger partial charge in [0.25, 0.3) is 6.43 Å². The third-order valence-corrected chi connectivity index (χ3v) is 4.09. The van der Waals surface area contributed by atoms with Gasteiger partial charge in [0.2, 0.25) is 5.91 Å². The number of amides is 1. The molecule has 1 aliphatic heterocycles. The quantitative estimate of drug-likeness (QED) is 0.935. The zero-order chi connectivity index (χ0) is 17.5. The molecule has 2 aromatic rings. The minimum Gasteiger partial charge on any atom is -0.364 e. The van der Waals surface area contributed by atoms with E-state index in [0.717, 1.165) is 0 Å². The van der Waals surface area contributed by atoms with Crippen LogP contribution < -0.4 is 5.32 Å². The largest absolute Gasteiger partial charge is 0.364 e. The summed E-state index contributed by atoms with van der Waals surface area (Å²) in [5.41, 5.74) is 0.192. The van der Waals surface area contributed by atoms with Crippen LogP contribution in [0, 0.1) is 0 Å². The van der Waals surface area contributed by atoms with Gasteiger partial charge in [-0.1, -0.05) is 12.1 Å². The number of aromatic nitrogens is 2. The highest BCUT2D eigenvalue weighted by molar-refractivity contribution is 5.89. The van der Waals surface area contributed by atoms with Crippen molar-refractivity contribution < 1.29 is 13.6 Å². The van der Waals surface area contributed by atoms with Gasteiger partial charge in [0.15, 0.2) is 5.82 Å². The lowest BCUT2D eigenvalue weighted by Crippen LogP contribution is -2.43. The summed E-state index contributed by atoms with van der Waals surface area (Å²) >= 11 is 0. The lowest BCUT2D eigenvalue weighted by molar-refractivity contribution is -0.131. The number of benzene rings is 1. The molecular weight excluding hydrogens is 314 g/mol.